The lowest BCUT2D eigenvalue weighted by atomic mass is 10.1. The third-order valence-corrected chi connectivity index (χ3v) is 4.23. The molecule has 2 aromatic carbocycles. The summed E-state index contributed by atoms with van der Waals surface area (Å²) in [5, 5.41) is 3.24. The van der Waals surface area contributed by atoms with Gasteiger partial charge in [-0.3, -0.25) is 4.79 Å². The molecule has 1 atom stereocenters. The lowest BCUT2D eigenvalue weighted by Gasteiger charge is -2.15. The topological polar surface area (TPSA) is 76.2 Å². The van der Waals surface area contributed by atoms with Crippen LogP contribution in [-0.2, 0) is 0 Å². The number of fused-ring (bicyclic) bond motifs is 1. The second-order valence-corrected chi connectivity index (χ2v) is 6.16. The van der Waals surface area contributed by atoms with Crippen LogP contribution in [0.2, 0.25) is 5.02 Å². The first-order valence-corrected chi connectivity index (χ1v) is 8.67. The predicted molar refractivity (Wildman–Crippen MR) is 101 cm³/mol. The summed E-state index contributed by atoms with van der Waals surface area (Å²) < 4.78 is 10.8. The fourth-order valence-electron chi connectivity index (χ4n) is 2.66. The van der Waals surface area contributed by atoms with E-state index in [1.54, 1.807) is 12.1 Å². The number of carbonyl (C=O) groups excluding carboxylic acids is 1. The van der Waals surface area contributed by atoms with Crippen molar-refractivity contribution in [2.75, 3.05) is 13.7 Å². The molecular weight excluding hydrogens is 354 g/mol. The van der Waals surface area contributed by atoms with Crippen molar-refractivity contribution < 1.29 is 14.3 Å². The number of aromatic nitrogens is 2. The molecule has 0 radical (unpaired) electrons. The number of rotatable bonds is 6. The number of halogens is 1. The minimum absolute atomic E-state index is 0.277. The van der Waals surface area contributed by atoms with Gasteiger partial charge in [-0.25, -0.2) is 4.98 Å². The number of methoxy groups -OCH3 is 1. The quantitative estimate of drug-likeness (QED) is 0.681. The van der Waals surface area contributed by atoms with Crippen LogP contribution in [-0.4, -0.2) is 29.6 Å². The van der Waals surface area contributed by atoms with Gasteiger partial charge in [0, 0.05) is 5.56 Å². The minimum atomic E-state index is -0.300. The van der Waals surface area contributed by atoms with Crippen LogP contribution in [0.5, 0.6) is 11.5 Å². The standard InChI is InChI=1S/C19H20ClN3O3/c1-4-26-17-13(20)9-12(10-16(17)25-3)19(24)21-11(2)18-22-14-7-5-6-8-15(14)23-18/h5-11H,4H2,1-3H3,(H,21,24)(H,22,23). The summed E-state index contributed by atoms with van der Waals surface area (Å²) in [7, 11) is 1.51. The second-order valence-electron chi connectivity index (χ2n) is 5.76. The molecule has 0 saturated heterocycles. The molecule has 3 rings (SSSR count). The molecule has 0 saturated carbocycles. The van der Waals surface area contributed by atoms with Crippen LogP contribution in [0.4, 0.5) is 0 Å². The van der Waals surface area contributed by atoms with Gasteiger partial charge in [-0.2, -0.15) is 0 Å². The second kappa shape index (κ2) is 7.66. The Bertz CT molecular complexity index is 906. The molecule has 1 unspecified atom stereocenters. The number of para-hydroxylation sites is 2. The zero-order valence-electron chi connectivity index (χ0n) is 14.8. The SMILES string of the molecule is CCOc1c(Cl)cc(C(=O)NC(C)c2nc3ccccc3[nH]2)cc1OC. The first kappa shape index (κ1) is 18.1. The molecule has 7 heteroatoms. The van der Waals surface area contributed by atoms with Crippen LogP contribution in [0.1, 0.15) is 36.1 Å². The maximum Gasteiger partial charge on any atom is 0.252 e. The van der Waals surface area contributed by atoms with Crippen molar-refractivity contribution in [3.05, 3.63) is 52.8 Å². The lowest BCUT2D eigenvalue weighted by molar-refractivity contribution is 0.0938. The van der Waals surface area contributed by atoms with Crippen LogP contribution < -0.4 is 14.8 Å². The lowest BCUT2D eigenvalue weighted by Crippen LogP contribution is -2.27. The van der Waals surface area contributed by atoms with E-state index in [9.17, 15) is 4.79 Å². The Labute approximate surface area is 156 Å². The van der Waals surface area contributed by atoms with E-state index < -0.39 is 0 Å². The van der Waals surface area contributed by atoms with Gasteiger partial charge in [0.2, 0.25) is 0 Å². The summed E-state index contributed by atoms with van der Waals surface area (Å²) in [5.41, 5.74) is 2.17. The van der Waals surface area contributed by atoms with E-state index in [1.165, 1.54) is 7.11 Å². The monoisotopic (exact) mass is 373 g/mol. The number of amides is 1. The molecule has 6 nitrogen and oxygen atoms in total. The molecular formula is C19H20ClN3O3. The summed E-state index contributed by atoms with van der Waals surface area (Å²) in [4.78, 5) is 20.3. The van der Waals surface area contributed by atoms with E-state index in [1.807, 2.05) is 38.1 Å². The van der Waals surface area contributed by atoms with Crippen LogP contribution >= 0.6 is 11.6 Å². The molecule has 1 amide bonds. The molecule has 0 aliphatic carbocycles. The zero-order valence-corrected chi connectivity index (χ0v) is 15.6. The molecule has 0 spiro atoms. The number of H-pyrrole nitrogens is 1. The van der Waals surface area contributed by atoms with Crippen LogP contribution in [0.25, 0.3) is 11.0 Å². The molecule has 136 valence electrons. The van der Waals surface area contributed by atoms with Crippen molar-refractivity contribution in [3.8, 4) is 11.5 Å². The summed E-state index contributed by atoms with van der Waals surface area (Å²) in [6.07, 6.45) is 0. The number of nitrogens with zero attached hydrogens (tertiary/aromatic N) is 1. The van der Waals surface area contributed by atoms with Crippen molar-refractivity contribution in [3.63, 3.8) is 0 Å². The van der Waals surface area contributed by atoms with Gasteiger partial charge in [-0.1, -0.05) is 23.7 Å². The molecule has 3 aromatic rings. The number of imidazole rings is 1. The Balaban J connectivity index is 1.81. The normalized spacial score (nSPS) is 12.0. The van der Waals surface area contributed by atoms with E-state index >= 15 is 0 Å². The van der Waals surface area contributed by atoms with Gasteiger partial charge in [0.1, 0.15) is 5.82 Å². The molecule has 26 heavy (non-hydrogen) atoms. The number of ether oxygens (including phenoxy) is 2. The van der Waals surface area contributed by atoms with Crippen molar-refractivity contribution in [1.29, 1.82) is 0 Å². The van der Waals surface area contributed by atoms with Crippen molar-refractivity contribution in [2.24, 2.45) is 0 Å². The number of hydrogen-bond donors (Lipinski definition) is 2. The van der Waals surface area contributed by atoms with Gasteiger partial charge in [0.05, 0.1) is 35.8 Å². The van der Waals surface area contributed by atoms with Gasteiger partial charge < -0.3 is 19.8 Å². The highest BCUT2D eigenvalue weighted by Crippen LogP contribution is 2.36. The third kappa shape index (κ3) is 3.60. The van der Waals surface area contributed by atoms with Crippen molar-refractivity contribution in [2.45, 2.75) is 19.9 Å². The first-order valence-electron chi connectivity index (χ1n) is 8.29. The van der Waals surface area contributed by atoms with Gasteiger partial charge in [0.25, 0.3) is 5.91 Å². The highest BCUT2D eigenvalue weighted by Gasteiger charge is 2.19. The Morgan fingerprint density at radius 1 is 1.35 bits per heavy atom. The smallest absolute Gasteiger partial charge is 0.252 e. The molecule has 1 aromatic heterocycles. The number of nitrogens with one attached hydrogen (secondary N) is 2. The summed E-state index contributed by atoms with van der Waals surface area (Å²) in [6, 6.07) is 10.6. The molecule has 0 fully saturated rings. The van der Waals surface area contributed by atoms with Gasteiger partial charge in [-0.05, 0) is 38.1 Å². The van der Waals surface area contributed by atoms with Crippen LogP contribution in [0.3, 0.4) is 0 Å². The fourth-order valence-corrected chi connectivity index (χ4v) is 2.93. The van der Waals surface area contributed by atoms with E-state index in [-0.39, 0.29) is 11.9 Å². The zero-order chi connectivity index (χ0) is 18.7. The summed E-state index contributed by atoms with van der Waals surface area (Å²) >= 11 is 6.24. The predicted octanol–water partition coefficient (Wildman–Crippen LogP) is 4.11. The summed E-state index contributed by atoms with van der Waals surface area (Å²) in [6.45, 7) is 4.17. The average molecular weight is 374 g/mol. The Morgan fingerprint density at radius 3 is 2.81 bits per heavy atom. The van der Waals surface area contributed by atoms with Crippen molar-refractivity contribution >= 4 is 28.5 Å². The molecule has 0 bridgehead atoms. The number of benzene rings is 2. The Hall–Kier alpha value is -2.73. The first-order chi connectivity index (χ1) is 12.5. The fraction of sp³-hybridized carbons (Fsp3) is 0.263. The van der Waals surface area contributed by atoms with Crippen LogP contribution in [0, 0.1) is 0 Å². The maximum absolute atomic E-state index is 12.6. The largest absolute Gasteiger partial charge is 0.493 e. The number of carbonyl (C=O) groups is 1. The van der Waals surface area contributed by atoms with Crippen LogP contribution in [0.15, 0.2) is 36.4 Å². The van der Waals surface area contributed by atoms with E-state index in [4.69, 9.17) is 21.1 Å². The molecule has 2 N–H and O–H groups in total. The minimum Gasteiger partial charge on any atom is -0.493 e. The molecule has 1 heterocycles. The number of hydrogen-bond acceptors (Lipinski definition) is 4. The van der Waals surface area contributed by atoms with E-state index in [2.05, 4.69) is 15.3 Å². The van der Waals surface area contributed by atoms with Gasteiger partial charge in [0.15, 0.2) is 11.5 Å². The third-order valence-electron chi connectivity index (χ3n) is 3.95. The highest BCUT2D eigenvalue weighted by molar-refractivity contribution is 6.32. The summed E-state index contributed by atoms with van der Waals surface area (Å²) in [5.74, 6) is 1.25. The Kier molecular flexibility index (Phi) is 5.32. The van der Waals surface area contributed by atoms with E-state index in [0.717, 1.165) is 11.0 Å². The maximum atomic E-state index is 12.6. The van der Waals surface area contributed by atoms with Crippen molar-refractivity contribution in [1.82, 2.24) is 15.3 Å². The van der Waals surface area contributed by atoms with Gasteiger partial charge >= 0.3 is 0 Å². The van der Waals surface area contributed by atoms with E-state index in [0.29, 0.717) is 34.5 Å². The number of aromatic amines is 1. The Morgan fingerprint density at radius 2 is 2.12 bits per heavy atom. The average Bonchev–Trinajstić information content (AvgIpc) is 3.07. The molecule has 0 aliphatic rings. The highest BCUT2D eigenvalue weighted by atomic mass is 35.5. The molecule has 0 aliphatic heterocycles. The van der Waals surface area contributed by atoms with Gasteiger partial charge in [-0.15, -0.1) is 0 Å².